The lowest BCUT2D eigenvalue weighted by Crippen LogP contribution is -2.47. The minimum absolute atomic E-state index is 0.146. The van der Waals surface area contributed by atoms with Gasteiger partial charge < -0.3 is 15.4 Å². The first kappa shape index (κ1) is 19.7. The SMILES string of the molecule is CCC1CN(c2ncc(-c3cccc(COC(=O)CC(=N)N)c3F)cc2F)C1. The van der Waals surface area contributed by atoms with E-state index in [1.165, 1.54) is 24.4 Å². The van der Waals surface area contributed by atoms with Crippen molar-refractivity contribution in [3.05, 3.63) is 47.7 Å². The van der Waals surface area contributed by atoms with Crippen LogP contribution in [0.25, 0.3) is 11.1 Å². The molecular weight excluding hydrogens is 366 g/mol. The van der Waals surface area contributed by atoms with Crippen LogP contribution >= 0.6 is 0 Å². The lowest BCUT2D eigenvalue weighted by molar-refractivity contribution is -0.143. The van der Waals surface area contributed by atoms with Gasteiger partial charge in [-0.2, -0.15) is 0 Å². The molecule has 1 fully saturated rings. The van der Waals surface area contributed by atoms with Gasteiger partial charge in [0.1, 0.15) is 24.7 Å². The molecule has 1 aliphatic rings. The van der Waals surface area contributed by atoms with Crippen LogP contribution in [0.15, 0.2) is 30.5 Å². The fourth-order valence-corrected chi connectivity index (χ4v) is 3.09. The number of nitrogens with zero attached hydrogens (tertiary/aromatic N) is 2. The fourth-order valence-electron chi connectivity index (χ4n) is 3.09. The van der Waals surface area contributed by atoms with Crippen LogP contribution in [0, 0.1) is 23.0 Å². The van der Waals surface area contributed by atoms with Gasteiger partial charge in [-0.25, -0.2) is 13.8 Å². The lowest BCUT2D eigenvalue weighted by atomic mass is 9.97. The first-order valence-electron chi connectivity index (χ1n) is 9.05. The number of rotatable bonds is 7. The molecular formula is C20H22F2N4O2. The summed E-state index contributed by atoms with van der Waals surface area (Å²) in [4.78, 5) is 17.5. The normalized spacial score (nSPS) is 13.9. The summed E-state index contributed by atoms with van der Waals surface area (Å²) in [6.07, 6.45) is 2.14. The number of aromatic nitrogens is 1. The van der Waals surface area contributed by atoms with E-state index in [-0.39, 0.29) is 35.8 Å². The van der Waals surface area contributed by atoms with Crippen LogP contribution < -0.4 is 10.6 Å². The van der Waals surface area contributed by atoms with Crippen molar-refractivity contribution in [1.29, 1.82) is 5.41 Å². The maximum Gasteiger partial charge on any atom is 0.313 e. The standard InChI is InChI=1S/C20H22F2N4O2/c1-2-12-9-26(10-12)20-16(21)6-14(8-25-20)15-5-3-4-13(19(15)22)11-28-18(27)7-17(23)24/h3-6,8,12H,2,7,9-11H2,1H3,(H3,23,24). The highest BCUT2D eigenvalue weighted by atomic mass is 19.1. The summed E-state index contributed by atoms with van der Waals surface area (Å²) < 4.78 is 34.3. The molecule has 1 aliphatic heterocycles. The molecule has 0 radical (unpaired) electrons. The van der Waals surface area contributed by atoms with E-state index in [1.807, 2.05) is 4.90 Å². The number of halogens is 2. The van der Waals surface area contributed by atoms with Gasteiger partial charge in [-0.1, -0.05) is 25.1 Å². The second kappa shape index (κ2) is 8.33. The molecule has 8 heteroatoms. The number of benzene rings is 1. The molecule has 28 heavy (non-hydrogen) atoms. The highest BCUT2D eigenvalue weighted by Gasteiger charge is 2.28. The largest absolute Gasteiger partial charge is 0.460 e. The van der Waals surface area contributed by atoms with Gasteiger partial charge in [0.2, 0.25) is 0 Å². The van der Waals surface area contributed by atoms with Crippen molar-refractivity contribution in [2.24, 2.45) is 11.7 Å². The van der Waals surface area contributed by atoms with Crippen molar-refractivity contribution in [1.82, 2.24) is 4.98 Å². The van der Waals surface area contributed by atoms with Crippen LogP contribution in [0.3, 0.4) is 0 Å². The molecule has 0 saturated carbocycles. The smallest absolute Gasteiger partial charge is 0.313 e. The van der Waals surface area contributed by atoms with Crippen molar-refractivity contribution in [2.75, 3.05) is 18.0 Å². The molecule has 3 rings (SSSR count). The Hall–Kier alpha value is -3.03. The molecule has 1 saturated heterocycles. The zero-order chi connectivity index (χ0) is 20.3. The van der Waals surface area contributed by atoms with E-state index in [4.69, 9.17) is 15.9 Å². The third-order valence-electron chi connectivity index (χ3n) is 4.77. The summed E-state index contributed by atoms with van der Waals surface area (Å²) in [5.74, 6) is -1.31. The van der Waals surface area contributed by atoms with E-state index in [1.54, 1.807) is 6.07 Å². The number of ether oxygens (including phenoxy) is 1. The number of pyridine rings is 1. The van der Waals surface area contributed by atoms with Crippen LogP contribution in [0.4, 0.5) is 14.6 Å². The highest BCUT2D eigenvalue weighted by Crippen LogP contribution is 2.31. The van der Waals surface area contributed by atoms with Crippen LogP contribution in [0.1, 0.15) is 25.3 Å². The number of carbonyl (C=O) groups is 1. The van der Waals surface area contributed by atoms with Gasteiger partial charge >= 0.3 is 5.97 Å². The van der Waals surface area contributed by atoms with Crippen LogP contribution in [0.5, 0.6) is 0 Å². The van der Waals surface area contributed by atoms with Gasteiger partial charge in [0, 0.05) is 36.0 Å². The second-order valence-electron chi connectivity index (χ2n) is 6.85. The summed E-state index contributed by atoms with van der Waals surface area (Å²) in [5.41, 5.74) is 5.76. The average Bonchev–Trinajstić information content (AvgIpc) is 2.60. The van der Waals surface area contributed by atoms with E-state index in [0.717, 1.165) is 19.5 Å². The first-order valence-corrected chi connectivity index (χ1v) is 9.05. The minimum atomic E-state index is -0.714. The zero-order valence-corrected chi connectivity index (χ0v) is 15.5. The second-order valence-corrected chi connectivity index (χ2v) is 6.85. The van der Waals surface area contributed by atoms with Gasteiger partial charge in [0.15, 0.2) is 11.6 Å². The molecule has 0 unspecified atom stereocenters. The number of esters is 1. The van der Waals surface area contributed by atoms with Crippen molar-refractivity contribution in [3.63, 3.8) is 0 Å². The van der Waals surface area contributed by atoms with E-state index in [9.17, 15) is 13.6 Å². The van der Waals surface area contributed by atoms with Gasteiger partial charge in [0.05, 0.1) is 0 Å². The molecule has 1 aromatic heterocycles. The van der Waals surface area contributed by atoms with Gasteiger partial charge in [-0.3, -0.25) is 10.2 Å². The van der Waals surface area contributed by atoms with Crippen LogP contribution in [-0.2, 0) is 16.1 Å². The first-order chi connectivity index (χ1) is 13.4. The Morgan fingerprint density at radius 2 is 2.14 bits per heavy atom. The summed E-state index contributed by atoms with van der Waals surface area (Å²) in [6.45, 7) is 3.35. The number of nitrogens with one attached hydrogen (secondary N) is 1. The van der Waals surface area contributed by atoms with Crippen LogP contribution in [-0.4, -0.2) is 29.9 Å². The Morgan fingerprint density at radius 3 is 2.79 bits per heavy atom. The number of carbonyl (C=O) groups excluding carboxylic acids is 1. The Balaban J connectivity index is 1.76. The third kappa shape index (κ3) is 4.27. The number of hydrogen-bond donors (Lipinski definition) is 2. The quantitative estimate of drug-likeness (QED) is 0.432. The predicted molar refractivity (Wildman–Crippen MR) is 102 cm³/mol. The zero-order valence-electron chi connectivity index (χ0n) is 15.5. The molecule has 6 nitrogen and oxygen atoms in total. The van der Waals surface area contributed by atoms with Crippen LogP contribution in [0.2, 0.25) is 0 Å². The predicted octanol–water partition coefficient (Wildman–Crippen LogP) is 3.24. The molecule has 148 valence electrons. The van der Waals surface area contributed by atoms with Crippen molar-refractivity contribution in [3.8, 4) is 11.1 Å². The van der Waals surface area contributed by atoms with Gasteiger partial charge in [-0.15, -0.1) is 0 Å². The van der Waals surface area contributed by atoms with E-state index >= 15 is 0 Å². The van der Waals surface area contributed by atoms with E-state index in [2.05, 4.69) is 11.9 Å². The molecule has 3 N–H and O–H groups in total. The number of amidine groups is 1. The molecule has 2 aromatic rings. The number of hydrogen-bond acceptors (Lipinski definition) is 5. The molecule has 2 heterocycles. The summed E-state index contributed by atoms with van der Waals surface area (Å²) >= 11 is 0. The number of nitrogens with two attached hydrogens (primary N) is 1. The molecule has 0 amide bonds. The topological polar surface area (TPSA) is 92.3 Å². The molecule has 0 spiro atoms. The minimum Gasteiger partial charge on any atom is -0.460 e. The summed E-state index contributed by atoms with van der Waals surface area (Å²) in [5, 5.41) is 7.06. The van der Waals surface area contributed by atoms with Gasteiger partial charge in [0.25, 0.3) is 0 Å². The Morgan fingerprint density at radius 1 is 1.39 bits per heavy atom. The fraction of sp³-hybridized carbons (Fsp3) is 0.350. The number of anilines is 1. The van der Waals surface area contributed by atoms with Crippen molar-refractivity contribution < 1.29 is 18.3 Å². The Bertz CT molecular complexity index is 898. The molecule has 1 aromatic carbocycles. The maximum atomic E-state index is 14.8. The Kier molecular flexibility index (Phi) is 5.87. The summed E-state index contributed by atoms with van der Waals surface area (Å²) in [6, 6.07) is 5.86. The molecule has 0 aliphatic carbocycles. The summed E-state index contributed by atoms with van der Waals surface area (Å²) in [7, 11) is 0. The highest BCUT2D eigenvalue weighted by molar-refractivity contribution is 5.94. The monoisotopic (exact) mass is 388 g/mol. The van der Waals surface area contributed by atoms with E-state index in [0.29, 0.717) is 11.5 Å². The van der Waals surface area contributed by atoms with Crippen molar-refractivity contribution >= 4 is 17.6 Å². The Labute approximate surface area is 161 Å². The lowest BCUT2D eigenvalue weighted by Gasteiger charge is -2.39. The van der Waals surface area contributed by atoms with E-state index < -0.39 is 17.6 Å². The molecule has 0 atom stereocenters. The maximum absolute atomic E-state index is 14.8. The van der Waals surface area contributed by atoms with Gasteiger partial charge in [-0.05, 0) is 18.4 Å². The van der Waals surface area contributed by atoms with Crippen molar-refractivity contribution in [2.45, 2.75) is 26.4 Å². The molecule has 0 bridgehead atoms. The average molecular weight is 388 g/mol. The third-order valence-corrected chi connectivity index (χ3v) is 4.77.